The molecule has 0 aromatic heterocycles. The summed E-state index contributed by atoms with van der Waals surface area (Å²) >= 11 is 0. The van der Waals surface area contributed by atoms with Gasteiger partial charge in [-0.1, -0.05) is 75.4 Å². The van der Waals surface area contributed by atoms with E-state index in [-0.39, 0.29) is 23.6 Å². The molecule has 3 rings (SSSR count). The van der Waals surface area contributed by atoms with E-state index in [0.717, 1.165) is 16.7 Å². The highest BCUT2D eigenvalue weighted by molar-refractivity contribution is 5.99. The lowest BCUT2D eigenvalue weighted by molar-refractivity contribution is -0.232. The van der Waals surface area contributed by atoms with E-state index in [1.165, 1.54) is 0 Å². The van der Waals surface area contributed by atoms with Crippen molar-refractivity contribution in [2.45, 2.75) is 39.8 Å². The van der Waals surface area contributed by atoms with Crippen molar-refractivity contribution in [3.63, 3.8) is 0 Å². The molecule has 0 aliphatic carbocycles. The van der Waals surface area contributed by atoms with Gasteiger partial charge in [-0.15, -0.1) is 0 Å². The summed E-state index contributed by atoms with van der Waals surface area (Å²) in [6, 6.07) is 17.5. The van der Waals surface area contributed by atoms with Crippen molar-refractivity contribution in [1.82, 2.24) is 0 Å². The van der Waals surface area contributed by atoms with Crippen LogP contribution in [0, 0.1) is 5.41 Å². The van der Waals surface area contributed by atoms with E-state index in [0.29, 0.717) is 19.8 Å². The first-order chi connectivity index (χ1) is 12.4. The highest BCUT2D eigenvalue weighted by atomic mass is 16.7. The zero-order valence-corrected chi connectivity index (χ0v) is 15.6. The molecule has 0 amide bonds. The van der Waals surface area contributed by atoms with Crippen molar-refractivity contribution in [2.24, 2.45) is 5.41 Å². The van der Waals surface area contributed by atoms with Gasteiger partial charge >= 0.3 is 0 Å². The summed E-state index contributed by atoms with van der Waals surface area (Å²) in [7, 11) is 0. The fraction of sp³-hybridized carbons (Fsp3) is 0.409. The highest BCUT2D eigenvalue weighted by Gasteiger charge is 2.24. The second kappa shape index (κ2) is 8.12. The first kappa shape index (κ1) is 18.8. The van der Waals surface area contributed by atoms with Gasteiger partial charge in [-0.25, -0.2) is 0 Å². The number of ketones is 1. The Bertz CT molecular complexity index is 708. The van der Waals surface area contributed by atoms with Crippen LogP contribution in [0.15, 0.2) is 54.6 Å². The van der Waals surface area contributed by atoms with Gasteiger partial charge in [0.15, 0.2) is 12.1 Å². The number of Topliss-reactive ketones (excluding diaryl/α,β-unsaturated/α-hetero) is 1. The third-order valence-corrected chi connectivity index (χ3v) is 4.32. The molecule has 1 fully saturated rings. The topological polar surface area (TPSA) is 44.8 Å². The van der Waals surface area contributed by atoms with Crippen LogP contribution in [0.1, 0.15) is 48.5 Å². The van der Waals surface area contributed by atoms with Gasteiger partial charge in [0.2, 0.25) is 0 Å². The number of benzene rings is 2. The Kier molecular flexibility index (Phi) is 5.87. The van der Waals surface area contributed by atoms with Gasteiger partial charge in [-0.2, -0.15) is 0 Å². The Hall–Kier alpha value is -2.01. The van der Waals surface area contributed by atoms with E-state index in [1.54, 1.807) is 0 Å². The van der Waals surface area contributed by atoms with Crippen molar-refractivity contribution in [3.05, 3.63) is 71.3 Å². The SMILES string of the molecule is CC(C)(C)C(=O)c1ccc(COC2COC(c3ccccc3)OC2)cc1. The Labute approximate surface area is 155 Å². The summed E-state index contributed by atoms with van der Waals surface area (Å²) in [5.74, 6) is 0.144. The molecule has 0 unspecified atom stereocenters. The van der Waals surface area contributed by atoms with Gasteiger partial charge in [0.05, 0.1) is 19.8 Å². The minimum Gasteiger partial charge on any atom is -0.369 e. The first-order valence-corrected chi connectivity index (χ1v) is 8.97. The minimum absolute atomic E-state index is 0.0918. The third kappa shape index (κ3) is 4.79. The zero-order chi connectivity index (χ0) is 18.6. The summed E-state index contributed by atoms with van der Waals surface area (Å²) in [5, 5.41) is 0. The smallest absolute Gasteiger partial charge is 0.184 e. The Morgan fingerprint density at radius 2 is 1.62 bits per heavy atom. The number of rotatable bonds is 5. The molecule has 0 bridgehead atoms. The first-order valence-electron chi connectivity index (χ1n) is 8.97. The Balaban J connectivity index is 1.47. The quantitative estimate of drug-likeness (QED) is 0.739. The monoisotopic (exact) mass is 354 g/mol. The zero-order valence-electron chi connectivity index (χ0n) is 15.6. The number of hydrogen-bond acceptors (Lipinski definition) is 4. The molecule has 0 saturated carbocycles. The summed E-state index contributed by atoms with van der Waals surface area (Å²) in [6.45, 7) is 7.26. The molecule has 26 heavy (non-hydrogen) atoms. The van der Waals surface area contributed by atoms with Crippen molar-refractivity contribution in [2.75, 3.05) is 13.2 Å². The van der Waals surface area contributed by atoms with E-state index in [1.807, 2.05) is 75.4 Å². The molecule has 0 radical (unpaired) electrons. The predicted octanol–water partition coefficient (Wildman–Crippen LogP) is 4.55. The van der Waals surface area contributed by atoms with Crippen LogP contribution in [-0.2, 0) is 20.8 Å². The van der Waals surface area contributed by atoms with Crippen LogP contribution < -0.4 is 0 Å². The molecular weight excluding hydrogens is 328 g/mol. The van der Waals surface area contributed by atoms with E-state index >= 15 is 0 Å². The van der Waals surface area contributed by atoms with Gasteiger partial charge in [0.1, 0.15) is 6.10 Å². The average molecular weight is 354 g/mol. The molecule has 1 heterocycles. The number of ether oxygens (including phenoxy) is 3. The van der Waals surface area contributed by atoms with Crippen LogP contribution in [0.2, 0.25) is 0 Å². The fourth-order valence-corrected chi connectivity index (χ4v) is 2.78. The molecule has 2 aromatic carbocycles. The van der Waals surface area contributed by atoms with E-state index in [9.17, 15) is 4.79 Å². The fourth-order valence-electron chi connectivity index (χ4n) is 2.78. The molecule has 4 nitrogen and oxygen atoms in total. The molecule has 138 valence electrons. The van der Waals surface area contributed by atoms with Crippen molar-refractivity contribution < 1.29 is 19.0 Å². The van der Waals surface area contributed by atoms with Gasteiger partial charge in [-0.3, -0.25) is 4.79 Å². The van der Waals surface area contributed by atoms with Gasteiger partial charge < -0.3 is 14.2 Å². The summed E-state index contributed by atoms with van der Waals surface area (Å²) in [6.07, 6.45) is -0.412. The molecule has 1 aliphatic heterocycles. The summed E-state index contributed by atoms with van der Waals surface area (Å²) in [5.41, 5.74) is 2.41. The molecule has 4 heteroatoms. The summed E-state index contributed by atoms with van der Waals surface area (Å²) in [4.78, 5) is 12.3. The van der Waals surface area contributed by atoms with Crippen LogP contribution in [-0.4, -0.2) is 25.1 Å². The minimum atomic E-state index is -0.371. The number of carbonyl (C=O) groups is 1. The lowest BCUT2D eigenvalue weighted by Crippen LogP contribution is -2.33. The normalized spacial score (nSPS) is 20.7. The van der Waals surface area contributed by atoms with Crippen LogP contribution in [0.5, 0.6) is 0 Å². The predicted molar refractivity (Wildman–Crippen MR) is 99.9 cm³/mol. The van der Waals surface area contributed by atoms with Crippen LogP contribution in [0.25, 0.3) is 0 Å². The Morgan fingerprint density at radius 1 is 1.00 bits per heavy atom. The molecule has 2 aromatic rings. The van der Waals surface area contributed by atoms with E-state index < -0.39 is 0 Å². The largest absolute Gasteiger partial charge is 0.369 e. The molecular formula is C22H26O4. The van der Waals surface area contributed by atoms with E-state index in [4.69, 9.17) is 14.2 Å². The number of carbonyl (C=O) groups excluding carboxylic acids is 1. The van der Waals surface area contributed by atoms with Gasteiger partial charge in [-0.05, 0) is 5.56 Å². The van der Waals surface area contributed by atoms with Gasteiger partial charge in [0.25, 0.3) is 0 Å². The van der Waals surface area contributed by atoms with E-state index in [2.05, 4.69) is 0 Å². The van der Waals surface area contributed by atoms with Gasteiger partial charge in [0, 0.05) is 16.5 Å². The number of hydrogen-bond donors (Lipinski definition) is 0. The summed E-state index contributed by atoms with van der Waals surface area (Å²) < 4.78 is 17.4. The maximum atomic E-state index is 12.3. The van der Waals surface area contributed by atoms with Crippen molar-refractivity contribution in [3.8, 4) is 0 Å². The second-order valence-electron chi connectivity index (χ2n) is 7.62. The second-order valence-corrected chi connectivity index (χ2v) is 7.62. The lowest BCUT2D eigenvalue weighted by atomic mass is 9.86. The van der Waals surface area contributed by atoms with Crippen molar-refractivity contribution in [1.29, 1.82) is 0 Å². The van der Waals surface area contributed by atoms with Crippen LogP contribution in [0.4, 0.5) is 0 Å². The average Bonchev–Trinajstić information content (AvgIpc) is 2.66. The maximum Gasteiger partial charge on any atom is 0.184 e. The maximum absolute atomic E-state index is 12.3. The molecule has 0 atom stereocenters. The third-order valence-electron chi connectivity index (χ3n) is 4.32. The standard InChI is InChI=1S/C22H26O4/c1-22(2,3)20(23)17-11-9-16(10-12-17)13-24-19-14-25-21(26-15-19)18-7-5-4-6-8-18/h4-12,19,21H,13-15H2,1-3H3. The molecule has 0 spiro atoms. The molecule has 1 aliphatic rings. The van der Waals surface area contributed by atoms with Crippen LogP contribution in [0.3, 0.4) is 0 Å². The lowest BCUT2D eigenvalue weighted by Gasteiger charge is -2.29. The highest BCUT2D eigenvalue weighted by Crippen LogP contribution is 2.24. The van der Waals surface area contributed by atoms with Crippen molar-refractivity contribution >= 4 is 5.78 Å². The van der Waals surface area contributed by atoms with Crippen LogP contribution >= 0.6 is 0 Å². The molecule has 0 N–H and O–H groups in total. The Morgan fingerprint density at radius 3 is 2.19 bits per heavy atom. The molecule has 1 saturated heterocycles.